The summed E-state index contributed by atoms with van der Waals surface area (Å²) in [6.45, 7) is 2.86. The lowest BCUT2D eigenvalue weighted by atomic mass is 9.77. The molecule has 1 aromatic heterocycles. The highest BCUT2D eigenvalue weighted by Crippen LogP contribution is 2.35. The molecular weight excluding hydrogens is 248 g/mol. The first-order chi connectivity index (χ1) is 9.00. The Balaban J connectivity index is 2.34. The third-order valence-electron chi connectivity index (χ3n) is 3.87. The summed E-state index contributed by atoms with van der Waals surface area (Å²) in [6.07, 6.45) is 3.21. The van der Waals surface area contributed by atoms with Crippen LogP contribution in [0.15, 0.2) is 11.1 Å². The molecule has 4 N–H and O–H groups in total. The van der Waals surface area contributed by atoms with Gasteiger partial charge in [-0.2, -0.15) is 0 Å². The normalized spacial score (nSPS) is 23.3. The highest BCUT2D eigenvalue weighted by molar-refractivity contribution is 5.76. The first-order valence-electron chi connectivity index (χ1n) is 6.31. The van der Waals surface area contributed by atoms with Crippen LogP contribution in [-0.4, -0.2) is 34.1 Å². The highest BCUT2D eigenvalue weighted by Gasteiger charge is 2.41. The molecule has 19 heavy (non-hydrogen) atoms. The standard InChI is InChI=1S/C12H18N4O3/c1-2-12(11(18)19)4-3-5-16(6-12)9-8(13)10(17)15-7-14-9/h7H,2-6,13H2,1H3,(H,18,19)(H,14,15,17). The highest BCUT2D eigenvalue weighted by atomic mass is 16.4. The van der Waals surface area contributed by atoms with Crippen LogP contribution in [0, 0.1) is 5.41 Å². The number of aromatic amines is 1. The van der Waals surface area contributed by atoms with Gasteiger partial charge in [0.25, 0.3) is 5.56 Å². The molecule has 104 valence electrons. The number of H-pyrrole nitrogens is 1. The zero-order valence-electron chi connectivity index (χ0n) is 10.8. The van der Waals surface area contributed by atoms with E-state index >= 15 is 0 Å². The van der Waals surface area contributed by atoms with E-state index in [0.717, 1.165) is 6.42 Å². The second kappa shape index (κ2) is 4.91. The minimum absolute atomic E-state index is 0.0415. The van der Waals surface area contributed by atoms with Crippen LogP contribution in [0.1, 0.15) is 26.2 Å². The van der Waals surface area contributed by atoms with E-state index in [1.165, 1.54) is 6.33 Å². The lowest BCUT2D eigenvalue weighted by Crippen LogP contribution is -2.48. The summed E-state index contributed by atoms with van der Waals surface area (Å²) in [5.41, 5.74) is 4.59. The van der Waals surface area contributed by atoms with E-state index in [-0.39, 0.29) is 5.69 Å². The lowest BCUT2D eigenvalue weighted by Gasteiger charge is -2.40. The number of nitrogens with two attached hydrogens (primary N) is 1. The fraction of sp³-hybridized carbons (Fsp3) is 0.583. The average molecular weight is 266 g/mol. The molecule has 1 aliphatic heterocycles. The maximum atomic E-state index is 11.5. The van der Waals surface area contributed by atoms with E-state index in [1.54, 1.807) is 4.90 Å². The smallest absolute Gasteiger partial charge is 0.311 e. The Bertz CT molecular complexity index is 542. The summed E-state index contributed by atoms with van der Waals surface area (Å²) in [4.78, 5) is 31.2. The molecule has 0 amide bonds. The van der Waals surface area contributed by atoms with Crippen LogP contribution in [-0.2, 0) is 4.79 Å². The van der Waals surface area contributed by atoms with Crippen molar-refractivity contribution in [3.8, 4) is 0 Å². The fourth-order valence-electron chi connectivity index (χ4n) is 2.58. The van der Waals surface area contributed by atoms with E-state index in [0.29, 0.717) is 31.7 Å². The van der Waals surface area contributed by atoms with Crippen LogP contribution in [0.25, 0.3) is 0 Å². The molecule has 0 spiro atoms. The number of hydrogen-bond acceptors (Lipinski definition) is 5. The summed E-state index contributed by atoms with van der Waals surface area (Å²) in [6, 6.07) is 0. The largest absolute Gasteiger partial charge is 0.481 e. The van der Waals surface area contributed by atoms with Crippen molar-refractivity contribution >= 4 is 17.5 Å². The molecule has 1 fully saturated rings. The number of nitrogens with zero attached hydrogens (tertiary/aromatic N) is 2. The summed E-state index contributed by atoms with van der Waals surface area (Å²) < 4.78 is 0. The maximum absolute atomic E-state index is 11.5. The van der Waals surface area contributed by atoms with Gasteiger partial charge in [-0.1, -0.05) is 6.92 Å². The number of nitrogens with one attached hydrogen (secondary N) is 1. The van der Waals surface area contributed by atoms with Crippen molar-refractivity contribution in [2.75, 3.05) is 23.7 Å². The Labute approximate surface area is 110 Å². The summed E-state index contributed by atoms with van der Waals surface area (Å²) in [5, 5.41) is 9.43. The Morgan fingerprint density at radius 2 is 2.42 bits per heavy atom. The number of aromatic nitrogens is 2. The van der Waals surface area contributed by atoms with Crippen LogP contribution in [0.3, 0.4) is 0 Å². The van der Waals surface area contributed by atoms with E-state index in [2.05, 4.69) is 9.97 Å². The van der Waals surface area contributed by atoms with Crippen molar-refractivity contribution in [1.29, 1.82) is 0 Å². The van der Waals surface area contributed by atoms with Gasteiger partial charge in [0.15, 0.2) is 5.82 Å². The van der Waals surface area contributed by atoms with Crippen molar-refractivity contribution in [3.63, 3.8) is 0 Å². The number of rotatable bonds is 3. The Morgan fingerprint density at radius 3 is 3.05 bits per heavy atom. The zero-order valence-corrected chi connectivity index (χ0v) is 10.8. The number of nitrogen functional groups attached to an aromatic ring is 1. The second-order valence-corrected chi connectivity index (χ2v) is 4.93. The van der Waals surface area contributed by atoms with Crippen molar-refractivity contribution in [3.05, 3.63) is 16.7 Å². The van der Waals surface area contributed by atoms with Crippen LogP contribution < -0.4 is 16.2 Å². The average Bonchev–Trinajstić information content (AvgIpc) is 2.41. The zero-order chi connectivity index (χ0) is 14.0. The molecule has 1 unspecified atom stereocenters. The number of aliphatic carboxylic acids is 1. The molecule has 1 saturated heterocycles. The van der Waals surface area contributed by atoms with E-state index in [4.69, 9.17) is 5.73 Å². The Kier molecular flexibility index (Phi) is 3.46. The van der Waals surface area contributed by atoms with Gasteiger partial charge < -0.3 is 20.7 Å². The summed E-state index contributed by atoms with van der Waals surface area (Å²) in [7, 11) is 0. The first-order valence-corrected chi connectivity index (χ1v) is 6.31. The van der Waals surface area contributed by atoms with E-state index < -0.39 is 16.9 Å². The minimum Gasteiger partial charge on any atom is -0.481 e. The van der Waals surface area contributed by atoms with Crippen LogP contribution in [0.2, 0.25) is 0 Å². The second-order valence-electron chi connectivity index (χ2n) is 4.93. The molecule has 1 aromatic rings. The van der Waals surface area contributed by atoms with Gasteiger partial charge in [0, 0.05) is 13.1 Å². The maximum Gasteiger partial charge on any atom is 0.311 e. The summed E-state index contributed by atoms with van der Waals surface area (Å²) in [5.74, 6) is -0.425. The van der Waals surface area contributed by atoms with Crippen LogP contribution >= 0.6 is 0 Å². The number of carboxylic acids is 1. The third-order valence-corrected chi connectivity index (χ3v) is 3.87. The molecule has 0 radical (unpaired) electrons. The third kappa shape index (κ3) is 2.27. The number of hydrogen-bond donors (Lipinski definition) is 3. The van der Waals surface area contributed by atoms with Crippen molar-refractivity contribution in [2.24, 2.45) is 5.41 Å². The van der Waals surface area contributed by atoms with Crippen molar-refractivity contribution in [1.82, 2.24) is 9.97 Å². The number of carbonyl (C=O) groups is 1. The fourth-order valence-corrected chi connectivity index (χ4v) is 2.58. The number of anilines is 2. The van der Waals surface area contributed by atoms with Gasteiger partial charge in [-0.25, -0.2) is 4.98 Å². The molecule has 0 saturated carbocycles. The quantitative estimate of drug-likeness (QED) is 0.731. The minimum atomic E-state index is -0.803. The molecule has 0 bridgehead atoms. The van der Waals surface area contributed by atoms with E-state index in [1.807, 2.05) is 6.92 Å². The molecule has 7 nitrogen and oxygen atoms in total. The van der Waals surface area contributed by atoms with Gasteiger partial charge in [0.05, 0.1) is 11.7 Å². The SMILES string of the molecule is CCC1(C(=O)O)CCCN(c2nc[nH]c(=O)c2N)C1. The van der Waals surface area contributed by atoms with Gasteiger partial charge in [-0.15, -0.1) is 0 Å². The predicted octanol–water partition coefficient (Wildman–Crippen LogP) is 0.433. The molecule has 1 aliphatic rings. The molecule has 7 heteroatoms. The monoisotopic (exact) mass is 266 g/mol. The van der Waals surface area contributed by atoms with Gasteiger partial charge in [-0.3, -0.25) is 9.59 Å². The topological polar surface area (TPSA) is 112 Å². The summed E-state index contributed by atoms with van der Waals surface area (Å²) >= 11 is 0. The van der Waals surface area contributed by atoms with Gasteiger partial charge in [0.1, 0.15) is 5.69 Å². The van der Waals surface area contributed by atoms with Gasteiger partial charge in [-0.05, 0) is 19.3 Å². The van der Waals surface area contributed by atoms with Crippen LogP contribution in [0.4, 0.5) is 11.5 Å². The molecule has 1 atom stereocenters. The first kappa shape index (κ1) is 13.4. The molecule has 2 rings (SSSR count). The number of carboxylic acid groups (broad SMARTS) is 1. The molecule has 2 heterocycles. The number of piperidine rings is 1. The molecule has 0 aliphatic carbocycles. The van der Waals surface area contributed by atoms with Gasteiger partial charge >= 0.3 is 5.97 Å². The lowest BCUT2D eigenvalue weighted by molar-refractivity contribution is -0.149. The van der Waals surface area contributed by atoms with Crippen molar-refractivity contribution in [2.45, 2.75) is 26.2 Å². The van der Waals surface area contributed by atoms with Gasteiger partial charge in [0.2, 0.25) is 0 Å². The van der Waals surface area contributed by atoms with E-state index in [9.17, 15) is 14.7 Å². The predicted molar refractivity (Wildman–Crippen MR) is 71.1 cm³/mol. The van der Waals surface area contributed by atoms with Crippen LogP contribution in [0.5, 0.6) is 0 Å². The molecule has 0 aromatic carbocycles. The Morgan fingerprint density at radius 1 is 1.68 bits per heavy atom. The Hall–Kier alpha value is -2.05. The molecular formula is C12H18N4O3. The van der Waals surface area contributed by atoms with Crippen molar-refractivity contribution < 1.29 is 9.90 Å².